The summed E-state index contributed by atoms with van der Waals surface area (Å²) in [4.78, 5) is 28.0. The molecule has 0 aliphatic rings. The van der Waals surface area contributed by atoms with Crippen LogP contribution in [0.2, 0.25) is 0 Å². The van der Waals surface area contributed by atoms with Crippen molar-refractivity contribution in [2.24, 2.45) is 0 Å². The molecule has 1 amide bonds. The number of rotatable bonds is 8. The summed E-state index contributed by atoms with van der Waals surface area (Å²) in [5.41, 5.74) is 1.84. The molecule has 0 fully saturated rings. The molecule has 2 heterocycles. The zero-order valence-electron chi connectivity index (χ0n) is 16.6. The van der Waals surface area contributed by atoms with Gasteiger partial charge in [-0.05, 0) is 48.4 Å². The van der Waals surface area contributed by atoms with E-state index in [2.05, 4.69) is 10.3 Å². The lowest BCUT2D eigenvalue weighted by Crippen LogP contribution is -2.23. The van der Waals surface area contributed by atoms with E-state index in [0.717, 1.165) is 0 Å². The molecule has 4 aromatic rings. The number of aromatic nitrogens is 2. The van der Waals surface area contributed by atoms with E-state index in [-0.39, 0.29) is 24.6 Å². The second kappa shape index (κ2) is 9.25. The van der Waals surface area contributed by atoms with Crippen molar-refractivity contribution >= 4 is 17.0 Å². The van der Waals surface area contributed by atoms with Gasteiger partial charge in [0.05, 0.1) is 11.7 Å². The maximum absolute atomic E-state index is 14.3. The number of nitrogens with one attached hydrogen (secondary N) is 1. The largest absolute Gasteiger partial charge is 0.453 e. The van der Waals surface area contributed by atoms with Gasteiger partial charge in [-0.1, -0.05) is 18.2 Å². The second-order valence-electron chi connectivity index (χ2n) is 6.92. The summed E-state index contributed by atoms with van der Waals surface area (Å²) >= 11 is 0. The highest BCUT2D eigenvalue weighted by Gasteiger charge is 2.10. The van der Waals surface area contributed by atoms with Crippen molar-refractivity contribution in [3.8, 4) is 11.5 Å². The molecule has 1 N–H and O–H groups in total. The summed E-state index contributed by atoms with van der Waals surface area (Å²) in [6.07, 6.45) is 3.80. The number of fused-ring (bicyclic) bond motifs is 1. The fourth-order valence-electron chi connectivity index (χ4n) is 3.18. The highest BCUT2D eigenvalue weighted by Crippen LogP contribution is 2.24. The number of carbonyl (C=O) groups is 1. The van der Waals surface area contributed by atoms with E-state index in [0.29, 0.717) is 35.4 Å². The number of halogens is 1. The van der Waals surface area contributed by atoms with Crippen molar-refractivity contribution in [2.75, 3.05) is 0 Å². The number of aryl methyl sites for hydroxylation is 1. The molecule has 0 spiro atoms. The number of oxazole rings is 1. The van der Waals surface area contributed by atoms with Gasteiger partial charge in [0.15, 0.2) is 17.1 Å². The minimum absolute atomic E-state index is 0.0841. The molecule has 0 unspecified atom stereocenters. The Balaban J connectivity index is 1.27. The lowest BCUT2D eigenvalue weighted by Gasteiger charge is -2.09. The first-order valence-corrected chi connectivity index (χ1v) is 9.81. The van der Waals surface area contributed by atoms with E-state index in [1.807, 2.05) is 6.07 Å². The van der Waals surface area contributed by atoms with Gasteiger partial charge in [-0.25, -0.2) is 9.18 Å². The van der Waals surface area contributed by atoms with Crippen molar-refractivity contribution < 1.29 is 18.3 Å². The average Bonchev–Trinajstić information content (AvgIpc) is 3.10. The van der Waals surface area contributed by atoms with Crippen LogP contribution < -0.4 is 15.8 Å². The Kier molecular flexibility index (Phi) is 6.07. The fraction of sp³-hybridized carbons (Fsp3) is 0.174. The minimum atomic E-state index is -0.526. The quantitative estimate of drug-likeness (QED) is 0.464. The van der Waals surface area contributed by atoms with Crippen molar-refractivity contribution in [1.29, 1.82) is 0 Å². The molecule has 31 heavy (non-hydrogen) atoms. The van der Waals surface area contributed by atoms with Gasteiger partial charge < -0.3 is 14.5 Å². The van der Waals surface area contributed by atoms with Gasteiger partial charge in [0, 0.05) is 25.7 Å². The molecule has 0 atom stereocenters. The predicted octanol–water partition coefficient (Wildman–Crippen LogP) is 4.02. The van der Waals surface area contributed by atoms with Gasteiger partial charge in [0.25, 0.3) is 0 Å². The van der Waals surface area contributed by atoms with Crippen LogP contribution in [0.15, 0.2) is 76.2 Å². The van der Waals surface area contributed by atoms with Crippen LogP contribution in [-0.4, -0.2) is 15.5 Å². The number of para-hydroxylation sites is 2. The summed E-state index contributed by atoms with van der Waals surface area (Å²) in [6, 6.07) is 15.1. The Morgan fingerprint density at radius 3 is 2.84 bits per heavy atom. The van der Waals surface area contributed by atoms with E-state index < -0.39 is 11.6 Å². The molecule has 0 aliphatic heterocycles. The molecule has 0 saturated heterocycles. The molecule has 7 nitrogen and oxygen atoms in total. The predicted molar refractivity (Wildman–Crippen MR) is 112 cm³/mol. The van der Waals surface area contributed by atoms with Crippen molar-refractivity contribution in [2.45, 2.75) is 25.9 Å². The zero-order chi connectivity index (χ0) is 21.6. The van der Waals surface area contributed by atoms with Crippen LogP contribution in [0.5, 0.6) is 11.5 Å². The summed E-state index contributed by atoms with van der Waals surface area (Å²) in [5.74, 6) is -0.628. The molecule has 8 heteroatoms. The molecular formula is C23H20FN3O4. The van der Waals surface area contributed by atoms with Gasteiger partial charge >= 0.3 is 5.76 Å². The smallest absolute Gasteiger partial charge is 0.419 e. The van der Waals surface area contributed by atoms with E-state index in [9.17, 15) is 14.0 Å². The molecule has 0 radical (unpaired) electrons. The average molecular weight is 421 g/mol. The van der Waals surface area contributed by atoms with Gasteiger partial charge in [-0.2, -0.15) is 0 Å². The molecule has 4 rings (SSSR count). The van der Waals surface area contributed by atoms with Gasteiger partial charge in [0.2, 0.25) is 5.91 Å². The summed E-state index contributed by atoms with van der Waals surface area (Å²) in [6.45, 7) is 0.565. The molecule has 0 bridgehead atoms. The third kappa shape index (κ3) is 4.98. The first-order valence-electron chi connectivity index (χ1n) is 9.81. The van der Waals surface area contributed by atoms with Crippen LogP contribution in [0.1, 0.15) is 18.4 Å². The Labute approximate surface area is 177 Å². The van der Waals surface area contributed by atoms with Gasteiger partial charge in [-0.3, -0.25) is 14.3 Å². The Morgan fingerprint density at radius 1 is 1.16 bits per heavy atom. The first-order chi connectivity index (χ1) is 15.1. The van der Waals surface area contributed by atoms with Gasteiger partial charge in [0.1, 0.15) is 5.75 Å². The normalized spacial score (nSPS) is 10.9. The van der Waals surface area contributed by atoms with E-state index >= 15 is 0 Å². The van der Waals surface area contributed by atoms with E-state index in [4.69, 9.17) is 9.15 Å². The molecule has 158 valence electrons. The van der Waals surface area contributed by atoms with Crippen LogP contribution in [0.3, 0.4) is 0 Å². The van der Waals surface area contributed by atoms with Crippen molar-refractivity contribution in [1.82, 2.24) is 14.9 Å². The number of ether oxygens (including phenoxy) is 1. The molecule has 0 saturated carbocycles. The highest BCUT2D eigenvalue weighted by molar-refractivity contribution is 5.76. The van der Waals surface area contributed by atoms with Crippen LogP contribution >= 0.6 is 0 Å². The molecular weight excluding hydrogens is 401 g/mol. The number of pyridine rings is 1. The summed E-state index contributed by atoms with van der Waals surface area (Å²) < 4.78 is 26.4. The highest BCUT2D eigenvalue weighted by atomic mass is 19.1. The van der Waals surface area contributed by atoms with Gasteiger partial charge in [-0.15, -0.1) is 0 Å². The monoisotopic (exact) mass is 421 g/mol. The van der Waals surface area contributed by atoms with Crippen LogP contribution in [0.25, 0.3) is 11.1 Å². The summed E-state index contributed by atoms with van der Waals surface area (Å²) in [5, 5.41) is 2.76. The molecule has 0 aliphatic carbocycles. The fourth-order valence-corrected chi connectivity index (χ4v) is 3.18. The summed E-state index contributed by atoms with van der Waals surface area (Å²) in [7, 11) is 0. The lowest BCUT2D eigenvalue weighted by atomic mass is 10.2. The first kappa shape index (κ1) is 20.3. The van der Waals surface area contributed by atoms with Crippen LogP contribution in [-0.2, 0) is 17.9 Å². The van der Waals surface area contributed by atoms with Crippen molar-refractivity contribution in [3.05, 3.63) is 88.9 Å². The Hall–Kier alpha value is -3.94. The Morgan fingerprint density at radius 2 is 2.03 bits per heavy atom. The zero-order valence-corrected chi connectivity index (χ0v) is 16.6. The topological polar surface area (TPSA) is 86.4 Å². The number of hydrogen-bond acceptors (Lipinski definition) is 5. The van der Waals surface area contributed by atoms with Crippen molar-refractivity contribution in [3.63, 3.8) is 0 Å². The number of carbonyl (C=O) groups excluding carboxylic acids is 1. The molecule has 2 aromatic heterocycles. The number of benzene rings is 2. The number of amides is 1. The van der Waals surface area contributed by atoms with Crippen LogP contribution in [0, 0.1) is 5.82 Å². The molecule has 2 aromatic carbocycles. The maximum atomic E-state index is 14.3. The lowest BCUT2D eigenvalue weighted by molar-refractivity contribution is -0.121. The minimum Gasteiger partial charge on any atom is -0.453 e. The second-order valence-corrected chi connectivity index (χ2v) is 6.92. The Bertz CT molecular complexity index is 1250. The number of hydrogen-bond donors (Lipinski definition) is 1. The van der Waals surface area contributed by atoms with E-state index in [1.54, 1.807) is 42.6 Å². The third-order valence-electron chi connectivity index (χ3n) is 4.71. The maximum Gasteiger partial charge on any atom is 0.419 e. The standard InChI is InChI=1S/C23H20FN3O4/c24-18-13-16(9-10-20(18)30-17-5-3-11-25-15-17)14-26-22(28)8-4-12-27-19-6-1-2-7-21(19)31-23(27)29/h1-3,5-7,9-11,13,15H,4,8,12,14H2,(H,26,28). The van der Waals surface area contributed by atoms with E-state index in [1.165, 1.54) is 22.9 Å². The number of nitrogens with zero attached hydrogens (tertiary/aromatic N) is 2. The van der Waals surface area contributed by atoms with Crippen LogP contribution in [0.4, 0.5) is 4.39 Å². The third-order valence-corrected chi connectivity index (χ3v) is 4.71. The SMILES string of the molecule is O=C(CCCn1c(=O)oc2ccccc21)NCc1ccc(Oc2cccnc2)c(F)c1.